The van der Waals surface area contributed by atoms with Crippen LogP contribution in [0.5, 0.6) is 0 Å². The zero-order valence-corrected chi connectivity index (χ0v) is 11.9. The van der Waals surface area contributed by atoms with E-state index in [9.17, 15) is 9.18 Å². The molecule has 0 radical (unpaired) electrons. The Morgan fingerprint density at radius 3 is 2.65 bits per heavy atom. The first-order chi connectivity index (χ1) is 9.61. The average molecular weight is 277 g/mol. The summed E-state index contributed by atoms with van der Waals surface area (Å²) in [7, 11) is 3.55. The van der Waals surface area contributed by atoms with Crippen molar-refractivity contribution in [2.75, 3.05) is 14.2 Å². The summed E-state index contributed by atoms with van der Waals surface area (Å²) < 4.78 is 18.1. The van der Waals surface area contributed by atoms with Gasteiger partial charge in [0.1, 0.15) is 5.82 Å². The lowest BCUT2D eigenvalue weighted by Gasteiger charge is -2.41. The molecule has 3 nitrogen and oxygen atoms in total. The molecule has 0 N–H and O–H groups in total. The summed E-state index contributed by atoms with van der Waals surface area (Å²) in [5.41, 5.74) is 1.05. The SMILES string of the molecule is COC(=O)C1C(c2ccc(F)cc2)C[C@@H]2CC[C@H]1N2C. The van der Waals surface area contributed by atoms with E-state index in [1.165, 1.54) is 19.2 Å². The van der Waals surface area contributed by atoms with Crippen LogP contribution in [0.2, 0.25) is 0 Å². The molecular weight excluding hydrogens is 257 g/mol. The highest BCUT2D eigenvalue weighted by Gasteiger charge is 2.49. The average Bonchev–Trinajstić information content (AvgIpc) is 2.70. The van der Waals surface area contributed by atoms with Crippen LogP contribution in [0.25, 0.3) is 0 Å². The van der Waals surface area contributed by atoms with Gasteiger partial charge in [-0.3, -0.25) is 9.69 Å². The Bertz CT molecular complexity index is 502. The standard InChI is InChI=1S/C16H20FNO2/c1-18-12-7-8-14(18)15(16(19)20-2)13(9-12)10-3-5-11(17)6-4-10/h3-6,12-15H,7-9H2,1-2H3/t12-,13?,14+,15?/m0/s1. The third-order valence-corrected chi connectivity index (χ3v) is 5.04. The number of methoxy groups -OCH3 is 1. The van der Waals surface area contributed by atoms with E-state index < -0.39 is 0 Å². The molecule has 0 aliphatic carbocycles. The van der Waals surface area contributed by atoms with E-state index in [4.69, 9.17) is 4.74 Å². The van der Waals surface area contributed by atoms with Crippen molar-refractivity contribution >= 4 is 5.97 Å². The number of esters is 1. The van der Waals surface area contributed by atoms with Gasteiger partial charge in [-0.15, -0.1) is 0 Å². The van der Waals surface area contributed by atoms with Crippen LogP contribution < -0.4 is 0 Å². The van der Waals surface area contributed by atoms with E-state index in [1.54, 1.807) is 12.1 Å². The highest BCUT2D eigenvalue weighted by Crippen LogP contribution is 2.46. The number of nitrogens with zero attached hydrogens (tertiary/aromatic N) is 1. The molecule has 4 atom stereocenters. The van der Waals surface area contributed by atoms with E-state index in [2.05, 4.69) is 11.9 Å². The van der Waals surface area contributed by atoms with Gasteiger partial charge >= 0.3 is 5.97 Å². The number of fused-ring (bicyclic) bond motifs is 2. The predicted octanol–water partition coefficient (Wildman–Crippen LogP) is 2.57. The van der Waals surface area contributed by atoms with Gasteiger partial charge in [0.05, 0.1) is 13.0 Å². The number of piperidine rings is 1. The largest absolute Gasteiger partial charge is 0.469 e. The summed E-state index contributed by atoms with van der Waals surface area (Å²) >= 11 is 0. The van der Waals surface area contributed by atoms with Crippen molar-refractivity contribution in [1.82, 2.24) is 4.90 Å². The minimum absolute atomic E-state index is 0.136. The van der Waals surface area contributed by atoms with Crippen LogP contribution in [0.3, 0.4) is 0 Å². The van der Waals surface area contributed by atoms with Crippen molar-refractivity contribution in [1.29, 1.82) is 0 Å². The van der Waals surface area contributed by atoms with Crippen molar-refractivity contribution < 1.29 is 13.9 Å². The lowest BCUT2D eigenvalue weighted by Crippen LogP contribution is -2.49. The molecule has 3 rings (SSSR count). The maximum atomic E-state index is 13.1. The number of ether oxygens (including phenoxy) is 1. The molecule has 20 heavy (non-hydrogen) atoms. The van der Waals surface area contributed by atoms with E-state index in [0.29, 0.717) is 6.04 Å². The first kappa shape index (κ1) is 13.6. The highest BCUT2D eigenvalue weighted by molar-refractivity contribution is 5.75. The van der Waals surface area contributed by atoms with Crippen LogP contribution in [0.4, 0.5) is 4.39 Å². The Morgan fingerprint density at radius 1 is 1.30 bits per heavy atom. The number of hydrogen-bond acceptors (Lipinski definition) is 3. The topological polar surface area (TPSA) is 29.5 Å². The zero-order chi connectivity index (χ0) is 14.3. The predicted molar refractivity (Wildman–Crippen MR) is 73.8 cm³/mol. The minimum atomic E-state index is -0.237. The maximum absolute atomic E-state index is 13.1. The summed E-state index contributed by atoms with van der Waals surface area (Å²) in [5, 5.41) is 0. The van der Waals surface area contributed by atoms with Crippen molar-refractivity contribution in [3.8, 4) is 0 Å². The Labute approximate surface area is 118 Å². The number of benzene rings is 1. The molecule has 1 aromatic carbocycles. The Morgan fingerprint density at radius 2 is 2.00 bits per heavy atom. The number of rotatable bonds is 2. The van der Waals surface area contributed by atoms with Gasteiger partial charge < -0.3 is 4.74 Å². The molecule has 2 saturated heterocycles. The normalized spacial score (nSPS) is 33.1. The molecular formula is C16H20FNO2. The first-order valence-corrected chi connectivity index (χ1v) is 7.17. The molecule has 2 aliphatic heterocycles. The second-order valence-electron chi connectivity index (χ2n) is 5.91. The maximum Gasteiger partial charge on any atom is 0.310 e. The van der Waals surface area contributed by atoms with Crippen LogP contribution >= 0.6 is 0 Å². The summed E-state index contributed by atoms with van der Waals surface area (Å²) in [4.78, 5) is 14.5. The first-order valence-electron chi connectivity index (χ1n) is 7.17. The van der Waals surface area contributed by atoms with Crippen molar-refractivity contribution in [3.63, 3.8) is 0 Å². The van der Waals surface area contributed by atoms with Crippen molar-refractivity contribution in [2.45, 2.75) is 37.3 Å². The summed E-state index contributed by atoms with van der Waals surface area (Å²) in [6.45, 7) is 0. The van der Waals surface area contributed by atoms with Gasteiger partial charge in [0.2, 0.25) is 0 Å². The fourth-order valence-electron chi connectivity index (χ4n) is 3.98. The Kier molecular flexibility index (Phi) is 3.50. The molecule has 2 heterocycles. The third kappa shape index (κ3) is 2.12. The lowest BCUT2D eigenvalue weighted by atomic mass is 9.76. The molecule has 2 bridgehead atoms. The number of hydrogen-bond donors (Lipinski definition) is 0. The fraction of sp³-hybridized carbons (Fsp3) is 0.562. The fourth-order valence-corrected chi connectivity index (χ4v) is 3.98. The minimum Gasteiger partial charge on any atom is -0.469 e. The van der Waals surface area contributed by atoms with Crippen molar-refractivity contribution in [3.05, 3.63) is 35.6 Å². The van der Waals surface area contributed by atoms with Crippen LogP contribution in [-0.2, 0) is 9.53 Å². The third-order valence-electron chi connectivity index (χ3n) is 5.04. The van der Waals surface area contributed by atoms with Crippen LogP contribution in [-0.4, -0.2) is 37.1 Å². The summed E-state index contributed by atoms with van der Waals surface area (Å²) in [6, 6.07) is 7.34. The van der Waals surface area contributed by atoms with Crippen LogP contribution in [0.1, 0.15) is 30.7 Å². The van der Waals surface area contributed by atoms with Gasteiger partial charge in [-0.05, 0) is 44.0 Å². The van der Waals surface area contributed by atoms with Crippen molar-refractivity contribution in [2.24, 2.45) is 5.92 Å². The second-order valence-corrected chi connectivity index (χ2v) is 5.91. The number of carbonyl (C=O) groups excluding carboxylic acids is 1. The molecule has 2 aliphatic rings. The van der Waals surface area contributed by atoms with E-state index >= 15 is 0 Å². The van der Waals surface area contributed by atoms with Gasteiger partial charge in [-0.2, -0.15) is 0 Å². The summed E-state index contributed by atoms with van der Waals surface area (Å²) in [5.74, 6) is -0.387. The summed E-state index contributed by atoms with van der Waals surface area (Å²) in [6.07, 6.45) is 3.11. The second kappa shape index (κ2) is 5.17. The zero-order valence-electron chi connectivity index (χ0n) is 11.9. The molecule has 0 saturated carbocycles. The molecule has 4 heteroatoms. The number of halogens is 1. The van der Waals surface area contributed by atoms with Gasteiger partial charge in [0, 0.05) is 18.0 Å². The lowest BCUT2D eigenvalue weighted by molar-refractivity contribution is -0.150. The molecule has 0 spiro atoms. The van der Waals surface area contributed by atoms with Gasteiger partial charge in [-0.25, -0.2) is 4.39 Å². The van der Waals surface area contributed by atoms with E-state index in [1.807, 2.05) is 0 Å². The molecule has 2 fully saturated rings. The van der Waals surface area contributed by atoms with Gasteiger partial charge in [0.15, 0.2) is 0 Å². The Balaban J connectivity index is 1.95. The van der Waals surface area contributed by atoms with Gasteiger partial charge in [-0.1, -0.05) is 12.1 Å². The highest BCUT2D eigenvalue weighted by atomic mass is 19.1. The van der Waals surface area contributed by atoms with Crippen LogP contribution in [0.15, 0.2) is 24.3 Å². The smallest absolute Gasteiger partial charge is 0.310 e. The van der Waals surface area contributed by atoms with Gasteiger partial charge in [0.25, 0.3) is 0 Å². The molecule has 1 aromatic rings. The Hall–Kier alpha value is -1.42. The van der Waals surface area contributed by atoms with E-state index in [-0.39, 0.29) is 29.7 Å². The monoisotopic (exact) mass is 277 g/mol. The molecule has 2 unspecified atom stereocenters. The number of carbonyl (C=O) groups is 1. The molecule has 108 valence electrons. The molecule has 0 aromatic heterocycles. The quantitative estimate of drug-likeness (QED) is 0.778. The van der Waals surface area contributed by atoms with E-state index in [0.717, 1.165) is 24.8 Å². The van der Waals surface area contributed by atoms with Crippen LogP contribution in [0, 0.1) is 11.7 Å². The molecule has 0 amide bonds.